The summed E-state index contributed by atoms with van der Waals surface area (Å²) in [5.41, 5.74) is 1.06. The molecule has 0 bridgehead atoms. The van der Waals surface area contributed by atoms with Crippen LogP contribution >= 0.6 is 22.4 Å². The lowest BCUT2D eigenvalue weighted by Crippen LogP contribution is -2.29. The summed E-state index contributed by atoms with van der Waals surface area (Å²) in [6.07, 6.45) is 0. The van der Waals surface area contributed by atoms with E-state index in [1.807, 2.05) is 13.1 Å². The summed E-state index contributed by atoms with van der Waals surface area (Å²) in [7, 11) is 3.70. The summed E-state index contributed by atoms with van der Waals surface area (Å²) in [6.45, 7) is 3.08. The van der Waals surface area contributed by atoms with Gasteiger partial charge in [-0.2, -0.15) is 0 Å². The normalized spacial score (nSPS) is 20.7. The second-order valence-corrected chi connectivity index (χ2v) is 7.92. The van der Waals surface area contributed by atoms with Crippen molar-refractivity contribution >= 4 is 37.2 Å². The Morgan fingerprint density at radius 3 is 2.81 bits per heavy atom. The van der Waals surface area contributed by atoms with E-state index in [-0.39, 0.29) is 4.90 Å². The van der Waals surface area contributed by atoms with Crippen molar-refractivity contribution in [2.75, 3.05) is 18.5 Å². The van der Waals surface area contributed by atoms with E-state index >= 15 is 0 Å². The molecule has 1 heterocycles. The van der Waals surface area contributed by atoms with Crippen LogP contribution in [0.4, 0.5) is 5.69 Å². The number of anilines is 1. The Morgan fingerprint density at radius 1 is 1.50 bits per heavy atom. The van der Waals surface area contributed by atoms with E-state index < -0.39 is 9.05 Å². The number of benzene rings is 1. The van der Waals surface area contributed by atoms with Crippen molar-refractivity contribution in [2.45, 2.75) is 22.0 Å². The number of hydrogen-bond acceptors (Lipinski definition) is 4. The molecule has 0 spiro atoms. The van der Waals surface area contributed by atoms with Gasteiger partial charge in [0.2, 0.25) is 0 Å². The van der Waals surface area contributed by atoms with Gasteiger partial charge in [-0.05, 0) is 18.2 Å². The fraction of sp³-hybridized carbons (Fsp3) is 0.400. The number of fused-ring (bicyclic) bond motifs is 1. The average Bonchev–Trinajstić information content (AvgIpc) is 2.15. The lowest BCUT2D eigenvalue weighted by Gasteiger charge is -2.31. The largest absolute Gasteiger partial charge is 0.373 e. The predicted octanol–water partition coefficient (Wildman–Crippen LogP) is 2.54. The van der Waals surface area contributed by atoms with Gasteiger partial charge in [-0.15, -0.1) is 11.8 Å². The molecule has 6 heteroatoms. The molecule has 0 amide bonds. The molecular formula is C10H12ClNO2S2. The van der Waals surface area contributed by atoms with Crippen LogP contribution in [0.2, 0.25) is 0 Å². The smallest absolute Gasteiger partial charge is 0.261 e. The molecule has 1 aromatic rings. The third-order valence-corrected chi connectivity index (χ3v) is 4.97. The van der Waals surface area contributed by atoms with Crippen LogP contribution in [0.15, 0.2) is 28.0 Å². The van der Waals surface area contributed by atoms with Crippen molar-refractivity contribution in [3.63, 3.8) is 0 Å². The molecule has 0 aliphatic carbocycles. The topological polar surface area (TPSA) is 37.4 Å². The molecule has 1 aliphatic heterocycles. The summed E-state index contributed by atoms with van der Waals surface area (Å²) in [5.74, 6) is 0. The number of halogens is 1. The van der Waals surface area contributed by atoms with Crippen LogP contribution in [0.1, 0.15) is 6.92 Å². The highest BCUT2D eigenvalue weighted by molar-refractivity contribution is 8.13. The van der Waals surface area contributed by atoms with Crippen LogP contribution in [0.5, 0.6) is 0 Å². The Hall–Kier alpha value is -0.390. The minimum Gasteiger partial charge on any atom is -0.373 e. The maximum atomic E-state index is 11.2. The Kier molecular flexibility index (Phi) is 3.11. The molecule has 0 saturated carbocycles. The van der Waals surface area contributed by atoms with Gasteiger partial charge < -0.3 is 4.90 Å². The molecule has 16 heavy (non-hydrogen) atoms. The Morgan fingerprint density at radius 2 is 2.19 bits per heavy atom. The standard InChI is InChI=1S/C10H12ClNO2S2/c1-7-6-12(2)9-4-3-8(16(11,13)14)5-10(9)15-7/h3-5,7H,6H2,1-2H3. The van der Waals surface area contributed by atoms with Crippen LogP contribution in [-0.2, 0) is 9.05 Å². The Bertz CT molecular complexity index is 516. The van der Waals surface area contributed by atoms with E-state index in [9.17, 15) is 8.42 Å². The summed E-state index contributed by atoms with van der Waals surface area (Å²) in [6, 6.07) is 5.01. The summed E-state index contributed by atoms with van der Waals surface area (Å²) in [4.78, 5) is 3.27. The van der Waals surface area contributed by atoms with Gasteiger partial charge >= 0.3 is 0 Å². The lowest BCUT2D eigenvalue weighted by molar-refractivity contribution is 0.609. The van der Waals surface area contributed by atoms with E-state index in [1.54, 1.807) is 23.9 Å². The van der Waals surface area contributed by atoms with E-state index in [0.717, 1.165) is 17.1 Å². The molecule has 1 atom stereocenters. The fourth-order valence-electron chi connectivity index (χ4n) is 1.79. The highest BCUT2D eigenvalue weighted by Gasteiger charge is 2.22. The van der Waals surface area contributed by atoms with Crippen LogP contribution in [-0.4, -0.2) is 27.3 Å². The van der Waals surface area contributed by atoms with Gasteiger partial charge in [0, 0.05) is 34.4 Å². The van der Waals surface area contributed by atoms with E-state index in [0.29, 0.717) is 5.25 Å². The highest BCUT2D eigenvalue weighted by atomic mass is 35.7. The molecule has 0 N–H and O–H groups in total. The molecule has 0 fully saturated rings. The zero-order valence-corrected chi connectivity index (χ0v) is 11.4. The minimum absolute atomic E-state index is 0.169. The van der Waals surface area contributed by atoms with Crippen LogP contribution in [0.25, 0.3) is 0 Å². The Balaban J connectivity index is 2.50. The molecule has 0 saturated heterocycles. The van der Waals surface area contributed by atoms with Gasteiger partial charge in [0.1, 0.15) is 0 Å². The van der Waals surface area contributed by atoms with Gasteiger partial charge in [-0.25, -0.2) is 8.42 Å². The maximum absolute atomic E-state index is 11.2. The van der Waals surface area contributed by atoms with Crippen LogP contribution in [0, 0.1) is 0 Å². The first-order valence-corrected chi connectivity index (χ1v) is 8.03. The molecular weight excluding hydrogens is 266 g/mol. The number of hydrogen-bond donors (Lipinski definition) is 0. The molecule has 2 rings (SSSR count). The maximum Gasteiger partial charge on any atom is 0.261 e. The van der Waals surface area contributed by atoms with E-state index in [1.165, 1.54) is 0 Å². The number of thioether (sulfide) groups is 1. The van der Waals surface area contributed by atoms with E-state index in [4.69, 9.17) is 10.7 Å². The molecule has 0 radical (unpaired) electrons. The van der Waals surface area contributed by atoms with Gasteiger partial charge in [0.05, 0.1) is 10.6 Å². The third kappa shape index (κ3) is 2.31. The molecule has 0 aromatic heterocycles. The van der Waals surface area contributed by atoms with Gasteiger partial charge in [0.15, 0.2) is 0 Å². The second kappa shape index (κ2) is 4.13. The first-order chi connectivity index (χ1) is 7.38. The predicted molar refractivity (Wildman–Crippen MR) is 68.1 cm³/mol. The quantitative estimate of drug-likeness (QED) is 0.740. The van der Waals surface area contributed by atoms with Crippen LogP contribution in [0.3, 0.4) is 0 Å². The van der Waals surface area contributed by atoms with Gasteiger partial charge in [-0.1, -0.05) is 6.92 Å². The first kappa shape index (κ1) is 12.1. The van der Waals surface area contributed by atoms with Crippen molar-refractivity contribution < 1.29 is 8.42 Å². The molecule has 1 aromatic carbocycles. The van der Waals surface area contributed by atoms with Gasteiger partial charge in [-0.3, -0.25) is 0 Å². The number of nitrogens with zero attached hydrogens (tertiary/aromatic N) is 1. The average molecular weight is 278 g/mol. The SMILES string of the molecule is CC1CN(C)c2ccc(S(=O)(=O)Cl)cc2S1. The zero-order chi connectivity index (χ0) is 11.9. The molecule has 1 aliphatic rings. The zero-order valence-electron chi connectivity index (χ0n) is 8.97. The van der Waals surface area contributed by atoms with Crippen molar-refractivity contribution in [1.29, 1.82) is 0 Å². The summed E-state index contributed by atoms with van der Waals surface area (Å²) >= 11 is 1.68. The monoisotopic (exact) mass is 277 g/mol. The first-order valence-electron chi connectivity index (χ1n) is 4.84. The van der Waals surface area contributed by atoms with Crippen molar-refractivity contribution in [3.8, 4) is 0 Å². The minimum atomic E-state index is -3.63. The molecule has 1 unspecified atom stereocenters. The van der Waals surface area contributed by atoms with Crippen molar-refractivity contribution in [1.82, 2.24) is 0 Å². The summed E-state index contributed by atoms with van der Waals surface area (Å²) < 4.78 is 22.4. The second-order valence-electron chi connectivity index (χ2n) is 3.88. The van der Waals surface area contributed by atoms with Crippen LogP contribution < -0.4 is 4.90 Å². The molecule has 88 valence electrons. The highest BCUT2D eigenvalue weighted by Crippen LogP contribution is 2.39. The fourth-order valence-corrected chi connectivity index (χ4v) is 3.92. The van der Waals surface area contributed by atoms with Crippen molar-refractivity contribution in [2.24, 2.45) is 0 Å². The summed E-state index contributed by atoms with van der Waals surface area (Å²) in [5, 5.41) is 0.450. The molecule has 3 nitrogen and oxygen atoms in total. The number of rotatable bonds is 1. The van der Waals surface area contributed by atoms with Gasteiger partial charge in [0.25, 0.3) is 9.05 Å². The third-order valence-electron chi connectivity index (χ3n) is 2.48. The van der Waals surface area contributed by atoms with Crippen molar-refractivity contribution in [3.05, 3.63) is 18.2 Å². The Labute approximate surface area is 104 Å². The lowest BCUT2D eigenvalue weighted by atomic mass is 10.2. The van der Waals surface area contributed by atoms with E-state index in [2.05, 4.69) is 11.8 Å².